The van der Waals surface area contributed by atoms with Crippen LogP contribution in [-0.2, 0) is 23.8 Å². The summed E-state index contributed by atoms with van der Waals surface area (Å²) >= 11 is 0. The molecule has 7 heteroatoms. The van der Waals surface area contributed by atoms with Gasteiger partial charge in [0, 0.05) is 0 Å². The molecule has 1 N–H and O–H groups in total. The van der Waals surface area contributed by atoms with Gasteiger partial charge >= 0.3 is 0 Å². The third-order valence-corrected chi connectivity index (χ3v) is 4.73. The maximum Gasteiger partial charge on any atom is 0.297 e. The highest BCUT2D eigenvalue weighted by Crippen LogP contribution is 2.22. The lowest BCUT2D eigenvalue weighted by Crippen LogP contribution is -2.23. The zero-order valence-electron chi connectivity index (χ0n) is 12.8. The lowest BCUT2D eigenvalue weighted by Gasteiger charge is -2.15. The van der Waals surface area contributed by atoms with Crippen molar-refractivity contribution >= 4 is 10.1 Å². The molecule has 2 rings (SSSR count). The van der Waals surface area contributed by atoms with Crippen molar-refractivity contribution in [2.45, 2.75) is 50.1 Å². The topological polar surface area (TPSA) is 82.1 Å². The molecular formula is C15H22O6S. The number of aryl methyl sites for hydroxylation is 1. The largest absolute Gasteiger partial charge is 0.370 e. The maximum atomic E-state index is 12.1. The predicted molar refractivity (Wildman–Crippen MR) is 79.8 cm³/mol. The van der Waals surface area contributed by atoms with Crippen molar-refractivity contribution in [1.29, 1.82) is 0 Å². The summed E-state index contributed by atoms with van der Waals surface area (Å²) in [6, 6.07) is 6.51. The Morgan fingerprint density at radius 1 is 1.23 bits per heavy atom. The van der Waals surface area contributed by atoms with Gasteiger partial charge in [0.2, 0.25) is 0 Å². The molecule has 22 heavy (non-hydrogen) atoms. The van der Waals surface area contributed by atoms with Crippen LogP contribution in [0.5, 0.6) is 0 Å². The zero-order chi connectivity index (χ0) is 16.2. The summed E-state index contributed by atoms with van der Waals surface area (Å²) in [6.07, 6.45) is 0.219. The van der Waals surface area contributed by atoms with Crippen LogP contribution in [0.2, 0.25) is 0 Å². The molecule has 0 amide bonds. The average molecular weight is 330 g/mol. The van der Waals surface area contributed by atoms with E-state index in [2.05, 4.69) is 0 Å². The van der Waals surface area contributed by atoms with E-state index in [1.54, 1.807) is 12.1 Å². The van der Waals surface area contributed by atoms with Crippen LogP contribution >= 0.6 is 0 Å². The number of rotatable bonds is 7. The Kier molecular flexibility index (Phi) is 5.94. The fourth-order valence-electron chi connectivity index (χ4n) is 2.21. The molecule has 3 unspecified atom stereocenters. The third-order valence-electron chi connectivity index (χ3n) is 3.44. The molecule has 0 bridgehead atoms. The Hall–Kier alpha value is -0.990. The molecule has 3 atom stereocenters. The first-order valence-electron chi connectivity index (χ1n) is 7.28. The van der Waals surface area contributed by atoms with Crippen LogP contribution < -0.4 is 0 Å². The van der Waals surface area contributed by atoms with Gasteiger partial charge in [0.25, 0.3) is 10.1 Å². The number of hydrogen-bond acceptors (Lipinski definition) is 6. The minimum Gasteiger partial charge on any atom is -0.370 e. The summed E-state index contributed by atoms with van der Waals surface area (Å²) in [5.41, 5.74) is 0.985. The van der Waals surface area contributed by atoms with Crippen molar-refractivity contribution < 1.29 is 27.2 Å². The SMILES string of the molecule is Cc1ccc(S(=O)(=O)OCC2CCC(COC(C)O)O2)cc1. The molecule has 1 aromatic rings. The van der Waals surface area contributed by atoms with Crippen molar-refractivity contribution in [1.82, 2.24) is 0 Å². The van der Waals surface area contributed by atoms with Gasteiger partial charge in [-0.15, -0.1) is 0 Å². The average Bonchev–Trinajstić information content (AvgIpc) is 2.92. The second kappa shape index (κ2) is 7.52. The van der Waals surface area contributed by atoms with Crippen molar-refractivity contribution in [2.75, 3.05) is 13.2 Å². The van der Waals surface area contributed by atoms with Crippen LogP contribution in [0, 0.1) is 6.92 Å². The molecule has 1 saturated heterocycles. The summed E-state index contributed by atoms with van der Waals surface area (Å²) in [4.78, 5) is 0.144. The number of benzene rings is 1. The van der Waals surface area contributed by atoms with Gasteiger partial charge in [-0.05, 0) is 38.8 Å². The van der Waals surface area contributed by atoms with Gasteiger partial charge in [0.1, 0.15) is 0 Å². The summed E-state index contributed by atoms with van der Waals surface area (Å²) < 4.78 is 39.9. The minimum absolute atomic E-state index is 0.0125. The van der Waals surface area contributed by atoms with E-state index >= 15 is 0 Å². The second-order valence-electron chi connectivity index (χ2n) is 5.44. The quantitative estimate of drug-likeness (QED) is 0.604. The molecule has 0 saturated carbocycles. The molecule has 0 aromatic heterocycles. The Morgan fingerprint density at radius 2 is 1.82 bits per heavy atom. The Bertz CT molecular complexity index is 566. The second-order valence-corrected chi connectivity index (χ2v) is 7.06. The van der Waals surface area contributed by atoms with Gasteiger partial charge in [-0.25, -0.2) is 0 Å². The lowest BCUT2D eigenvalue weighted by atomic mass is 10.2. The van der Waals surface area contributed by atoms with Crippen molar-refractivity contribution in [3.05, 3.63) is 29.8 Å². The molecule has 1 aliphatic rings. The summed E-state index contributed by atoms with van der Waals surface area (Å²) in [7, 11) is -3.76. The van der Waals surface area contributed by atoms with E-state index in [0.29, 0.717) is 13.0 Å². The van der Waals surface area contributed by atoms with Crippen LogP contribution in [0.4, 0.5) is 0 Å². The van der Waals surface area contributed by atoms with Crippen LogP contribution in [0.1, 0.15) is 25.3 Å². The third kappa shape index (κ3) is 5.03. The monoisotopic (exact) mass is 330 g/mol. The van der Waals surface area contributed by atoms with Crippen LogP contribution in [-0.4, -0.2) is 45.2 Å². The first kappa shape index (κ1) is 17.4. The van der Waals surface area contributed by atoms with E-state index in [4.69, 9.17) is 18.8 Å². The lowest BCUT2D eigenvalue weighted by molar-refractivity contribution is -0.119. The minimum atomic E-state index is -3.76. The number of aliphatic hydroxyl groups is 1. The van der Waals surface area contributed by atoms with Crippen LogP contribution in [0.15, 0.2) is 29.2 Å². The summed E-state index contributed by atoms with van der Waals surface area (Å²) in [5, 5.41) is 9.05. The van der Waals surface area contributed by atoms with Crippen LogP contribution in [0.3, 0.4) is 0 Å². The van der Waals surface area contributed by atoms with E-state index < -0.39 is 16.4 Å². The van der Waals surface area contributed by atoms with Gasteiger partial charge in [-0.1, -0.05) is 17.7 Å². The molecule has 6 nitrogen and oxygen atoms in total. The molecule has 0 aliphatic carbocycles. The standard InChI is InChI=1S/C15H22O6S/c1-11-3-7-15(8-4-11)22(17,18)20-10-14-6-5-13(21-14)9-19-12(2)16/h3-4,7-8,12-14,16H,5-6,9-10H2,1-2H3. The summed E-state index contributed by atoms with van der Waals surface area (Å²) in [5.74, 6) is 0. The molecule has 1 aliphatic heterocycles. The highest BCUT2D eigenvalue weighted by Gasteiger charge is 2.28. The molecule has 0 radical (unpaired) electrons. The van der Waals surface area contributed by atoms with E-state index in [1.165, 1.54) is 19.1 Å². The Balaban J connectivity index is 1.82. The fourth-order valence-corrected chi connectivity index (χ4v) is 3.15. The summed E-state index contributed by atoms with van der Waals surface area (Å²) in [6.45, 7) is 3.70. The molecule has 1 fully saturated rings. The fraction of sp³-hybridized carbons (Fsp3) is 0.600. The smallest absolute Gasteiger partial charge is 0.297 e. The van der Waals surface area contributed by atoms with Crippen LogP contribution in [0.25, 0.3) is 0 Å². The van der Waals surface area contributed by atoms with Gasteiger partial charge in [0.05, 0.1) is 30.3 Å². The number of aliphatic hydroxyl groups excluding tert-OH is 1. The highest BCUT2D eigenvalue weighted by molar-refractivity contribution is 7.86. The van der Waals surface area contributed by atoms with E-state index in [9.17, 15) is 8.42 Å². The first-order chi connectivity index (χ1) is 10.4. The van der Waals surface area contributed by atoms with Gasteiger partial charge < -0.3 is 14.6 Å². The maximum absolute atomic E-state index is 12.1. The Labute approximate surface area is 131 Å². The van der Waals surface area contributed by atoms with Gasteiger partial charge in [-0.2, -0.15) is 8.42 Å². The molecule has 1 heterocycles. The zero-order valence-corrected chi connectivity index (χ0v) is 13.6. The number of hydrogen-bond donors (Lipinski definition) is 1. The van der Waals surface area contributed by atoms with Crippen molar-refractivity contribution in [3.8, 4) is 0 Å². The Morgan fingerprint density at radius 3 is 2.41 bits per heavy atom. The van der Waals surface area contributed by atoms with E-state index in [-0.39, 0.29) is 23.7 Å². The molecule has 0 spiro atoms. The first-order valence-corrected chi connectivity index (χ1v) is 8.69. The van der Waals surface area contributed by atoms with Gasteiger partial charge in [0.15, 0.2) is 6.29 Å². The molecule has 124 valence electrons. The normalized spacial score (nSPS) is 23.6. The highest BCUT2D eigenvalue weighted by atomic mass is 32.2. The van der Waals surface area contributed by atoms with Crippen molar-refractivity contribution in [2.24, 2.45) is 0 Å². The van der Waals surface area contributed by atoms with E-state index in [1.807, 2.05) is 6.92 Å². The van der Waals surface area contributed by atoms with Gasteiger partial charge in [-0.3, -0.25) is 4.18 Å². The van der Waals surface area contributed by atoms with E-state index in [0.717, 1.165) is 12.0 Å². The predicted octanol–water partition coefficient (Wildman–Crippen LogP) is 1.60. The van der Waals surface area contributed by atoms with Crippen molar-refractivity contribution in [3.63, 3.8) is 0 Å². The molecule has 1 aromatic carbocycles. The molecular weight excluding hydrogens is 308 g/mol. The number of ether oxygens (including phenoxy) is 2.